The molecular formula is C18H29ClN2O2. The number of methoxy groups -OCH3 is 1. The Morgan fingerprint density at radius 2 is 1.96 bits per heavy atom. The first-order chi connectivity index (χ1) is 10.2. The molecule has 1 saturated carbocycles. The van der Waals surface area contributed by atoms with Crippen molar-refractivity contribution in [1.82, 2.24) is 4.90 Å². The van der Waals surface area contributed by atoms with Gasteiger partial charge < -0.3 is 15.4 Å². The number of nitrogen functional groups attached to an aromatic ring is 1. The van der Waals surface area contributed by atoms with E-state index in [2.05, 4.69) is 20.8 Å². The zero-order chi connectivity index (χ0) is 16.5. The molecule has 23 heavy (non-hydrogen) atoms. The number of benzene rings is 1. The molecule has 5 heteroatoms. The molecule has 1 fully saturated rings. The van der Waals surface area contributed by atoms with E-state index in [1.807, 2.05) is 36.2 Å². The molecule has 0 spiro atoms. The minimum Gasteiger partial charge on any atom is -0.399 e. The van der Waals surface area contributed by atoms with Crippen molar-refractivity contribution in [3.05, 3.63) is 29.8 Å². The summed E-state index contributed by atoms with van der Waals surface area (Å²) in [5, 5.41) is 0. The van der Waals surface area contributed by atoms with Crippen molar-refractivity contribution in [1.29, 1.82) is 0 Å². The lowest BCUT2D eigenvalue weighted by atomic mass is 9.55. The van der Waals surface area contributed by atoms with Gasteiger partial charge >= 0.3 is 0 Å². The Bertz CT molecular complexity index is 562. The number of aryl methyl sites for hydroxylation is 1. The molecule has 0 heterocycles. The van der Waals surface area contributed by atoms with Crippen LogP contribution in [0.15, 0.2) is 24.3 Å². The number of para-hydroxylation sites is 1. The van der Waals surface area contributed by atoms with E-state index in [-0.39, 0.29) is 35.4 Å². The highest BCUT2D eigenvalue weighted by Crippen LogP contribution is 2.53. The van der Waals surface area contributed by atoms with Crippen LogP contribution >= 0.6 is 12.4 Å². The van der Waals surface area contributed by atoms with Crippen molar-refractivity contribution in [2.24, 2.45) is 5.41 Å². The fourth-order valence-electron chi connectivity index (χ4n) is 3.43. The van der Waals surface area contributed by atoms with Crippen molar-refractivity contribution in [3.63, 3.8) is 0 Å². The molecule has 0 saturated heterocycles. The third-order valence-corrected chi connectivity index (χ3v) is 5.75. The Hall–Kier alpha value is -1.26. The Morgan fingerprint density at radius 3 is 2.48 bits per heavy atom. The number of anilines is 1. The van der Waals surface area contributed by atoms with Gasteiger partial charge in [0, 0.05) is 37.7 Å². The molecule has 2 atom stereocenters. The third kappa shape index (κ3) is 3.48. The van der Waals surface area contributed by atoms with E-state index in [9.17, 15) is 4.79 Å². The number of rotatable bonds is 5. The summed E-state index contributed by atoms with van der Waals surface area (Å²) in [5.74, 6) is 0.166. The van der Waals surface area contributed by atoms with Crippen LogP contribution in [0, 0.1) is 5.41 Å². The SMILES string of the molecule is COC1(C)CC(N(C)C(=O)CCc2ccccc2N)C1(C)C.Cl. The first-order valence-electron chi connectivity index (χ1n) is 7.87. The summed E-state index contributed by atoms with van der Waals surface area (Å²) >= 11 is 0. The average Bonchev–Trinajstić information content (AvgIpc) is 2.50. The smallest absolute Gasteiger partial charge is 0.222 e. The van der Waals surface area contributed by atoms with Crippen LogP contribution in [0.5, 0.6) is 0 Å². The van der Waals surface area contributed by atoms with Crippen LogP contribution in [0.3, 0.4) is 0 Å². The lowest BCUT2D eigenvalue weighted by Crippen LogP contribution is -2.68. The van der Waals surface area contributed by atoms with Gasteiger partial charge in [0.25, 0.3) is 0 Å². The second-order valence-corrected chi connectivity index (χ2v) is 7.08. The summed E-state index contributed by atoms with van der Waals surface area (Å²) in [6.45, 7) is 6.46. The summed E-state index contributed by atoms with van der Waals surface area (Å²) in [7, 11) is 3.65. The largest absolute Gasteiger partial charge is 0.399 e. The molecule has 1 aromatic carbocycles. The quantitative estimate of drug-likeness (QED) is 0.837. The van der Waals surface area contributed by atoms with Gasteiger partial charge in [-0.1, -0.05) is 32.0 Å². The zero-order valence-electron chi connectivity index (χ0n) is 14.8. The number of hydrogen-bond donors (Lipinski definition) is 1. The van der Waals surface area contributed by atoms with E-state index < -0.39 is 0 Å². The Labute approximate surface area is 145 Å². The van der Waals surface area contributed by atoms with Gasteiger partial charge in [0.05, 0.1) is 5.60 Å². The maximum atomic E-state index is 12.5. The normalized spacial score (nSPS) is 25.2. The van der Waals surface area contributed by atoms with E-state index in [1.165, 1.54) is 0 Å². The predicted octanol–water partition coefficient (Wildman–Crippen LogP) is 3.29. The Kier molecular flexibility index (Phi) is 6.11. The molecule has 0 aliphatic heterocycles. The molecule has 0 aromatic heterocycles. The van der Waals surface area contributed by atoms with Crippen molar-refractivity contribution in [2.45, 2.75) is 51.7 Å². The van der Waals surface area contributed by atoms with E-state index in [0.717, 1.165) is 17.7 Å². The molecule has 1 aliphatic rings. The van der Waals surface area contributed by atoms with Crippen LogP contribution in [-0.4, -0.2) is 36.6 Å². The number of halogens is 1. The van der Waals surface area contributed by atoms with Gasteiger partial charge in [0.1, 0.15) is 0 Å². The maximum absolute atomic E-state index is 12.5. The van der Waals surface area contributed by atoms with Crippen LogP contribution in [-0.2, 0) is 16.0 Å². The molecule has 0 radical (unpaired) electrons. The van der Waals surface area contributed by atoms with Gasteiger partial charge in [-0.15, -0.1) is 12.4 Å². The average molecular weight is 341 g/mol. The fourth-order valence-corrected chi connectivity index (χ4v) is 3.43. The van der Waals surface area contributed by atoms with Gasteiger partial charge in [-0.2, -0.15) is 0 Å². The van der Waals surface area contributed by atoms with E-state index in [4.69, 9.17) is 10.5 Å². The monoisotopic (exact) mass is 340 g/mol. The minimum atomic E-state index is -0.157. The minimum absolute atomic E-state index is 0. The molecule has 1 aromatic rings. The van der Waals surface area contributed by atoms with Gasteiger partial charge in [0.15, 0.2) is 0 Å². The van der Waals surface area contributed by atoms with Crippen LogP contribution in [0.1, 0.15) is 39.2 Å². The summed E-state index contributed by atoms with van der Waals surface area (Å²) in [5.41, 5.74) is 7.53. The highest BCUT2D eigenvalue weighted by Gasteiger charge is 2.59. The summed E-state index contributed by atoms with van der Waals surface area (Å²) < 4.78 is 5.64. The van der Waals surface area contributed by atoms with Crippen molar-refractivity contribution < 1.29 is 9.53 Å². The highest BCUT2D eigenvalue weighted by molar-refractivity contribution is 5.85. The lowest BCUT2D eigenvalue weighted by molar-refractivity contribution is -0.207. The number of ether oxygens (including phenoxy) is 1. The first-order valence-corrected chi connectivity index (χ1v) is 7.87. The van der Waals surface area contributed by atoms with E-state index >= 15 is 0 Å². The van der Waals surface area contributed by atoms with Crippen LogP contribution in [0.25, 0.3) is 0 Å². The fraction of sp³-hybridized carbons (Fsp3) is 0.611. The highest BCUT2D eigenvalue weighted by atomic mass is 35.5. The maximum Gasteiger partial charge on any atom is 0.222 e. The number of carbonyl (C=O) groups excluding carboxylic acids is 1. The van der Waals surface area contributed by atoms with Gasteiger partial charge in [-0.25, -0.2) is 0 Å². The Balaban J connectivity index is 0.00000264. The van der Waals surface area contributed by atoms with Crippen LogP contribution in [0.4, 0.5) is 5.69 Å². The molecule has 1 amide bonds. The molecule has 0 bridgehead atoms. The molecule has 130 valence electrons. The summed E-state index contributed by atoms with van der Waals surface area (Å²) in [6, 6.07) is 7.95. The topological polar surface area (TPSA) is 55.6 Å². The van der Waals surface area contributed by atoms with Crippen molar-refractivity contribution in [3.8, 4) is 0 Å². The molecule has 4 nitrogen and oxygen atoms in total. The number of nitrogens with zero attached hydrogens (tertiary/aromatic N) is 1. The molecular weight excluding hydrogens is 312 g/mol. The standard InChI is InChI=1S/C18H28N2O2.ClH/c1-17(2)15(12-18(17,3)22-5)20(4)16(21)11-10-13-8-6-7-9-14(13)19;/h6-9,15H,10-12,19H2,1-5H3;1H. The molecule has 2 unspecified atom stereocenters. The van der Waals surface area contributed by atoms with Crippen LogP contribution < -0.4 is 5.73 Å². The molecule has 2 rings (SSSR count). The number of amides is 1. The number of nitrogens with two attached hydrogens (primary N) is 1. The van der Waals surface area contributed by atoms with Gasteiger partial charge in [-0.05, 0) is 31.4 Å². The molecule has 1 aliphatic carbocycles. The third-order valence-electron chi connectivity index (χ3n) is 5.75. The Morgan fingerprint density at radius 1 is 1.35 bits per heavy atom. The van der Waals surface area contributed by atoms with Gasteiger partial charge in [-0.3, -0.25) is 4.79 Å². The molecule has 2 N–H and O–H groups in total. The first kappa shape index (κ1) is 19.8. The number of hydrogen-bond acceptors (Lipinski definition) is 3. The second kappa shape index (κ2) is 7.10. The van der Waals surface area contributed by atoms with E-state index in [0.29, 0.717) is 12.8 Å². The van der Waals surface area contributed by atoms with Crippen LogP contribution in [0.2, 0.25) is 0 Å². The second-order valence-electron chi connectivity index (χ2n) is 7.08. The zero-order valence-corrected chi connectivity index (χ0v) is 15.6. The lowest BCUT2D eigenvalue weighted by Gasteiger charge is -2.61. The van der Waals surface area contributed by atoms with Crippen molar-refractivity contribution in [2.75, 3.05) is 19.9 Å². The predicted molar refractivity (Wildman–Crippen MR) is 96.8 cm³/mol. The number of carbonyl (C=O) groups is 1. The van der Waals surface area contributed by atoms with Crippen molar-refractivity contribution >= 4 is 24.0 Å². The van der Waals surface area contributed by atoms with Gasteiger partial charge in [0.2, 0.25) is 5.91 Å². The summed E-state index contributed by atoms with van der Waals surface area (Å²) in [6.07, 6.45) is 2.05. The van der Waals surface area contributed by atoms with E-state index in [1.54, 1.807) is 7.11 Å². The summed E-state index contributed by atoms with van der Waals surface area (Å²) in [4.78, 5) is 14.4.